The molecule has 17 heavy (non-hydrogen) atoms. The lowest BCUT2D eigenvalue weighted by Gasteiger charge is -2.09. The van der Waals surface area contributed by atoms with Crippen molar-refractivity contribution in [3.63, 3.8) is 0 Å². The molecule has 0 saturated carbocycles. The second-order valence-corrected chi connectivity index (χ2v) is 4.94. The van der Waals surface area contributed by atoms with E-state index in [1.54, 1.807) is 12.3 Å². The molecule has 1 heterocycles. The highest BCUT2D eigenvalue weighted by molar-refractivity contribution is 9.10. The maximum absolute atomic E-state index is 11.8. The van der Waals surface area contributed by atoms with E-state index in [4.69, 9.17) is 16.3 Å². The summed E-state index contributed by atoms with van der Waals surface area (Å²) in [6.07, 6.45) is 1.70. The third-order valence-electron chi connectivity index (χ3n) is 1.89. The van der Waals surface area contributed by atoms with Crippen LogP contribution in [0.25, 0.3) is 0 Å². The zero-order valence-corrected chi connectivity index (χ0v) is 12.0. The maximum Gasteiger partial charge on any atom is 0.254 e. The highest BCUT2D eigenvalue weighted by atomic mass is 79.9. The molecule has 0 aliphatic heterocycles. The standard InChI is InChI=1S/C11H14BrClN2O2/c1-7(2)17-4-3-14-11(16)9-5-8(12)6-15-10(9)13/h5-7H,3-4H2,1-2H3,(H,14,16). The molecule has 1 amide bonds. The first-order valence-corrected chi connectivity index (χ1v) is 6.38. The van der Waals surface area contributed by atoms with Gasteiger partial charge in [0, 0.05) is 17.2 Å². The van der Waals surface area contributed by atoms with Crippen LogP contribution >= 0.6 is 27.5 Å². The third-order valence-corrected chi connectivity index (χ3v) is 2.62. The smallest absolute Gasteiger partial charge is 0.254 e. The molecular weight excluding hydrogens is 307 g/mol. The van der Waals surface area contributed by atoms with Crippen molar-refractivity contribution in [2.45, 2.75) is 20.0 Å². The van der Waals surface area contributed by atoms with E-state index in [-0.39, 0.29) is 17.2 Å². The van der Waals surface area contributed by atoms with Crippen molar-refractivity contribution in [2.24, 2.45) is 0 Å². The molecule has 4 nitrogen and oxygen atoms in total. The normalized spacial score (nSPS) is 10.6. The van der Waals surface area contributed by atoms with Crippen molar-refractivity contribution >= 4 is 33.4 Å². The minimum atomic E-state index is -0.254. The van der Waals surface area contributed by atoms with E-state index < -0.39 is 0 Å². The van der Waals surface area contributed by atoms with Gasteiger partial charge in [-0.1, -0.05) is 11.6 Å². The van der Waals surface area contributed by atoms with Crippen LogP contribution in [-0.2, 0) is 4.74 Å². The molecule has 1 rings (SSSR count). The molecular formula is C11H14BrClN2O2. The summed E-state index contributed by atoms with van der Waals surface area (Å²) in [5.74, 6) is -0.254. The zero-order chi connectivity index (χ0) is 12.8. The van der Waals surface area contributed by atoms with Gasteiger partial charge in [-0.25, -0.2) is 4.98 Å². The fourth-order valence-corrected chi connectivity index (χ4v) is 1.66. The number of hydrogen-bond acceptors (Lipinski definition) is 3. The van der Waals surface area contributed by atoms with Gasteiger partial charge in [-0.2, -0.15) is 0 Å². The number of nitrogens with one attached hydrogen (secondary N) is 1. The van der Waals surface area contributed by atoms with E-state index in [0.29, 0.717) is 23.2 Å². The summed E-state index contributed by atoms with van der Waals surface area (Å²) in [5, 5.41) is 2.90. The van der Waals surface area contributed by atoms with Crippen LogP contribution in [0.4, 0.5) is 0 Å². The predicted molar refractivity (Wildman–Crippen MR) is 70.4 cm³/mol. The lowest BCUT2D eigenvalue weighted by molar-refractivity contribution is 0.0746. The lowest BCUT2D eigenvalue weighted by Crippen LogP contribution is -2.28. The highest BCUT2D eigenvalue weighted by Crippen LogP contribution is 2.17. The minimum Gasteiger partial charge on any atom is -0.377 e. The SMILES string of the molecule is CC(C)OCCNC(=O)c1cc(Br)cnc1Cl. The quantitative estimate of drug-likeness (QED) is 0.670. The van der Waals surface area contributed by atoms with Crippen LogP contribution in [0.5, 0.6) is 0 Å². The molecule has 0 unspecified atom stereocenters. The first-order chi connectivity index (χ1) is 8.00. The summed E-state index contributed by atoms with van der Waals surface area (Å²) in [4.78, 5) is 15.6. The van der Waals surface area contributed by atoms with Gasteiger partial charge in [0.1, 0.15) is 5.15 Å². The van der Waals surface area contributed by atoms with Crippen LogP contribution in [0.3, 0.4) is 0 Å². The third kappa shape index (κ3) is 5.02. The van der Waals surface area contributed by atoms with Crippen LogP contribution in [0.2, 0.25) is 5.15 Å². The Morgan fingerprint density at radius 3 is 3.00 bits per heavy atom. The van der Waals surface area contributed by atoms with Crippen molar-refractivity contribution in [3.8, 4) is 0 Å². The number of hydrogen-bond donors (Lipinski definition) is 1. The summed E-state index contributed by atoms with van der Waals surface area (Å²) in [6, 6.07) is 1.63. The summed E-state index contributed by atoms with van der Waals surface area (Å²) in [7, 11) is 0. The molecule has 0 saturated heterocycles. The molecule has 0 radical (unpaired) electrons. The number of rotatable bonds is 5. The van der Waals surface area contributed by atoms with Gasteiger partial charge < -0.3 is 10.1 Å². The molecule has 0 aliphatic rings. The Bertz CT molecular complexity index is 399. The molecule has 0 atom stereocenters. The van der Waals surface area contributed by atoms with Crippen LogP contribution < -0.4 is 5.32 Å². The van der Waals surface area contributed by atoms with Crippen LogP contribution in [0.15, 0.2) is 16.7 Å². The molecule has 1 aromatic heterocycles. The number of aromatic nitrogens is 1. The Kier molecular flexibility index (Phi) is 5.88. The summed E-state index contributed by atoms with van der Waals surface area (Å²) in [5.41, 5.74) is 0.352. The molecule has 6 heteroatoms. The largest absolute Gasteiger partial charge is 0.377 e. The number of pyridine rings is 1. The van der Waals surface area contributed by atoms with Crippen molar-refractivity contribution in [1.29, 1.82) is 0 Å². The average Bonchev–Trinajstić information content (AvgIpc) is 2.27. The molecule has 0 bridgehead atoms. The molecule has 1 N–H and O–H groups in total. The van der Waals surface area contributed by atoms with Gasteiger partial charge in [-0.3, -0.25) is 4.79 Å². The fraction of sp³-hybridized carbons (Fsp3) is 0.455. The van der Waals surface area contributed by atoms with E-state index in [0.717, 1.165) is 0 Å². The number of halogens is 2. The second-order valence-electron chi connectivity index (χ2n) is 3.67. The first-order valence-electron chi connectivity index (χ1n) is 5.21. The second kappa shape index (κ2) is 6.93. The van der Waals surface area contributed by atoms with Gasteiger partial charge in [0.2, 0.25) is 0 Å². The van der Waals surface area contributed by atoms with Crippen molar-refractivity contribution < 1.29 is 9.53 Å². The Morgan fingerprint density at radius 2 is 2.35 bits per heavy atom. The van der Waals surface area contributed by atoms with Crippen LogP contribution in [0.1, 0.15) is 24.2 Å². The Morgan fingerprint density at radius 1 is 1.65 bits per heavy atom. The predicted octanol–water partition coefficient (Wildman–Crippen LogP) is 2.65. The van der Waals surface area contributed by atoms with Crippen molar-refractivity contribution in [3.05, 3.63) is 27.5 Å². The summed E-state index contributed by atoms with van der Waals surface area (Å²) < 4.78 is 6.02. The van der Waals surface area contributed by atoms with Gasteiger partial charge >= 0.3 is 0 Å². The topological polar surface area (TPSA) is 51.2 Å². The van der Waals surface area contributed by atoms with E-state index in [1.807, 2.05) is 13.8 Å². The maximum atomic E-state index is 11.8. The molecule has 0 fully saturated rings. The molecule has 0 aromatic carbocycles. The van der Waals surface area contributed by atoms with Crippen molar-refractivity contribution in [1.82, 2.24) is 10.3 Å². The summed E-state index contributed by atoms with van der Waals surface area (Å²) in [6.45, 7) is 4.80. The zero-order valence-electron chi connectivity index (χ0n) is 9.67. The molecule has 94 valence electrons. The van der Waals surface area contributed by atoms with Crippen molar-refractivity contribution in [2.75, 3.05) is 13.2 Å². The van der Waals surface area contributed by atoms with Gasteiger partial charge in [-0.15, -0.1) is 0 Å². The summed E-state index contributed by atoms with van der Waals surface area (Å²) >= 11 is 9.07. The minimum absolute atomic E-state index is 0.156. The van der Waals surface area contributed by atoms with E-state index in [1.165, 1.54) is 0 Å². The molecule has 0 aliphatic carbocycles. The van der Waals surface area contributed by atoms with Crippen LogP contribution in [-0.4, -0.2) is 30.1 Å². The van der Waals surface area contributed by atoms with Gasteiger partial charge in [0.05, 0.1) is 18.3 Å². The number of amides is 1. The van der Waals surface area contributed by atoms with E-state index in [9.17, 15) is 4.79 Å². The van der Waals surface area contributed by atoms with Crippen LogP contribution in [0, 0.1) is 0 Å². The lowest BCUT2D eigenvalue weighted by atomic mass is 10.2. The molecule has 1 aromatic rings. The average molecular weight is 322 g/mol. The Balaban J connectivity index is 2.49. The van der Waals surface area contributed by atoms with Gasteiger partial charge in [0.15, 0.2) is 0 Å². The number of nitrogens with zero attached hydrogens (tertiary/aromatic N) is 1. The monoisotopic (exact) mass is 320 g/mol. The first kappa shape index (κ1) is 14.4. The Hall–Kier alpha value is -0.650. The highest BCUT2D eigenvalue weighted by Gasteiger charge is 2.11. The van der Waals surface area contributed by atoms with Gasteiger partial charge in [-0.05, 0) is 35.8 Å². The fourth-order valence-electron chi connectivity index (χ4n) is 1.14. The number of ether oxygens (including phenoxy) is 1. The Labute approximate surface area is 114 Å². The van der Waals surface area contributed by atoms with Gasteiger partial charge in [0.25, 0.3) is 5.91 Å². The number of carbonyl (C=O) groups excluding carboxylic acids is 1. The number of carbonyl (C=O) groups is 1. The van der Waals surface area contributed by atoms with E-state index in [2.05, 4.69) is 26.2 Å². The van der Waals surface area contributed by atoms with E-state index >= 15 is 0 Å². The molecule has 0 spiro atoms.